The highest BCUT2D eigenvalue weighted by molar-refractivity contribution is 6.01. The van der Waals surface area contributed by atoms with Gasteiger partial charge in [-0.25, -0.2) is 19.0 Å². The molecule has 11 heteroatoms. The first kappa shape index (κ1) is 23.5. The molecule has 5 aromatic rings. The summed E-state index contributed by atoms with van der Waals surface area (Å²) in [6, 6.07) is 16.8. The van der Waals surface area contributed by atoms with E-state index in [0.29, 0.717) is 40.3 Å². The summed E-state index contributed by atoms with van der Waals surface area (Å²) >= 11 is 0. The number of carbonyl (C=O) groups is 2. The van der Waals surface area contributed by atoms with Crippen molar-refractivity contribution in [2.45, 2.75) is 25.4 Å². The average Bonchev–Trinajstić information content (AvgIpc) is 3.49. The molecule has 0 atom stereocenters. The predicted octanol–water partition coefficient (Wildman–Crippen LogP) is 3.30. The summed E-state index contributed by atoms with van der Waals surface area (Å²) < 4.78 is 8.26. The fraction of sp³-hybridized carbons (Fsp3) is 0.222. The van der Waals surface area contributed by atoms with Crippen molar-refractivity contribution in [3.05, 3.63) is 77.7 Å². The van der Waals surface area contributed by atoms with Crippen molar-refractivity contribution in [3.63, 3.8) is 0 Å². The van der Waals surface area contributed by atoms with Gasteiger partial charge in [0.1, 0.15) is 5.75 Å². The van der Waals surface area contributed by atoms with Gasteiger partial charge >= 0.3 is 5.97 Å². The number of carboxylic acid groups (broad SMARTS) is 1. The second kappa shape index (κ2) is 9.18. The highest BCUT2D eigenvalue weighted by Gasteiger charge is 2.27. The van der Waals surface area contributed by atoms with Crippen LogP contribution in [0.4, 0.5) is 5.69 Å². The fourth-order valence-corrected chi connectivity index (χ4v) is 4.45. The number of aromatic nitrogens is 5. The van der Waals surface area contributed by atoms with Gasteiger partial charge < -0.3 is 20.1 Å². The summed E-state index contributed by atoms with van der Waals surface area (Å²) in [6.45, 7) is 0.541. The number of ether oxygens (including phenoxy) is 1. The summed E-state index contributed by atoms with van der Waals surface area (Å²) in [4.78, 5) is 31.5. The van der Waals surface area contributed by atoms with E-state index in [1.54, 1.807) is 31.4 Å². The number of methoxy groups -OCH3 is 1. The van der Waals surface area contributed by atoms with Gasteiger partial charge in [-0.1, -0.05) is 30.3 Å². The number of rotatable bonds is 8. The number of aromatic carboxylic acids is 1. The summed E-state index contributed by atoms with van der Waals surface area (Å²) in [5.41, 5.74) is 3.05. The molecule has 0 saturated heterocycles. The number of anilines is 1. The van der Waals surface area contributed by atoms with Gasteiger partial charge in [0, 0.05) is 31.1 Å². The third-order valence-corrected chi connectivity index (χ3v) is 6.58. The van der Waals surface area contributed by atoms with Crippen molar-refractivity contribution in [1.29, 1.82) is 0 Å². The molecule has 1 aliphatic carbocycles. The van der Waals surface area contributed by atoms with Crippen LogP contribution in [-0.2, 0) is 6.54 Å². The van der Waals surface area contributed by atoms with Crippen molar-refractivity contribution in [1.82, 2.24) is 29.7 Å². The molecule has 0 aliphatic heterocycles. The predicted molar refractivity (Wildman–Crippen MR) is 140 cm³/mol. The number of hydrogen-bond donors (Lipinski definition) is 2. The van der Waals surface area contributed by atoms with Crippen LogP contribution in [0.5, 0.6) is 5.75 Å². The van der Waals surface area contributed by atoms with E-state index in [1.807, 2.05) is 42.3 Å². The van der Waals surface area contributed by atoms with Crippen LogP contribution in [0, 0.1) is 0 Å². The van der Waals surface area contributed by atoms with Crippen molar-refractivity contribution >= 4 is 34.1 Å². The minimum Gasteiger partial charge on any atom is -0.497 e. The standard InChI is InChI=1S/C27H25N7O4/c1-32(15-16-7-11-18(38-2)12-8-16)21-13-23(33-20-6-4-3-5-19(20)24(31-33)27(36)37)30-34-22(14-28-25(21)34)26(35)29-17-9-10-17/h3-8,11-14,17H,9-10,15H2,1-2H3,(H,29,35)(H,36,37). The van der Waals surface area contributed by atoms with Crippen LogP contribution in [0.3, 0.4) is 0 Å². The minimum atomic E-state index is -1.13. The van der Waals surface area contributed by atoms with Gasteiger partial charge in [0.2, 0.25) is 0 Å². The molecule has 1 aliphatic rings. The normalized spacial score (nSPS) is 13.1. The Bertz CT molecular complexity index is 1690. The molecule has 3 aromatic heterocycles. The maximum absolute atomic E-state index is 13.0. The highest BCUT2D eigenvalue weighted by atomic mass is 16.5. The van der Waals surface area contributed by atoms with Crippen LogP contribution in [0.25, 0.3) is 22.4 Å². The smallest absolute Gasteiger partial charge is 0.357 e. The molecule has 6 rings (SSSR count). The van der Waals surface area contributed by atoms with E-state index in [2.05, 4.69) is 15.4 Å². The van der Waals surface area contributed by atoms with Crippen LogP contribution >= 0.6 is 0 Å². The number of carboxylic acids is 1. The lowest BCUT2D eigenvalue weighted by molar-refractivity contribution is 0.0691. The van der Waals surface area contributed by atoms with E-state index in [0.717, 1.165) is 24.2 Å². The van der Waals surface area contributed by atoms with Gasteiger partial charge in [-0.2, -0.15) is 5.10 Å². The number of imidazole rings is 1. The van der Waals surface area contributed by atoms with Crippen molar-refractivity contribution in [3.8, 4) is 11.6 Å². The second-order valence-corrected chi connectivity index (χ2v) is 9.30. The zero-order valence-electron chi connectivity index (χ0n) is 20.8. The average molecular weight is 512 g/mol. The Kier molecular flexibility index (Phi) is 5.67. The van der Waals surface area contributed by atoms with E-state index in [1.165, 1.54) is 15.4 Å². The number of fused-ring (bicyclic) bond motifs is 2. The van der Waals surface area contributed by atoms with Crippen LogP contribution in [0.15, 0.2) is 60.8 Å². The number of benzene rings is 2. The number of carbonyl (C=O) groups excluding carboxylic acids is 1. The van der Waals surface area contributed by atoms with Gasteiger partial charge in [0.25, 0.3) is 5.91 Å². The largest absolute Gasteiger partial charge is 0.497 e. The maximum Gasteiger partial charge on any atom is 0.357 e. The maximum atomic E-state index is 13.0. The highest BCUT2D eigenvalue weighted by Crippen LogP contribution is 2.28. The minimum absolute atomic E-state index is 0.0760. The Morgan fingerprint density at radius 1 is 1.13 bits per heavy atom. The Morgan fingerprint density at radius 2 is 1.89 bits per heavy atom. The molecule has 192 valence electrons. The molecule has 0 bridgehead atoms. The molecule has 0 unspecified atom stereocenters. The van der Waals surface area contributed by atoms with Gasteiger partial charge in [-0.3, -0.25) is 4.79 Å². The Labute approximate surface area is 217 Å². The molecular weight excluding hydrogens is 486 g/mol. The molecule has 11 nitrogen and oxygen atoms in total. The summed E-state index contributed by atoms with van der Waals surface area (Å²) in [6.07, 6.45) is 3.42. The van der Waals surface area contributed by atoms with E-state index >= 15 is 0 Å². The van der Waals surface area contributed by atoms with Crippen LogP contribution in [-0.4, -0.2) is 61.6 Å². The van der Waals surface area contributed by atoms with Crippen LogP contribution in [0.2, 0.25) is 0 Å². The molecule has 1 amide bonds. The molecule has 1 saturated carbocycles. The van der Waals surface area contributed by atoms with Crippen LogP contribution < -0.4 is 15.0 Å². The lowest BCUT2D eigenvalue weighted by atomic mass is 10.2. The van der Waals surface area contributed by atoms with Crippen molar-refractivity contribution in [2.75, 3.05) is 19.1 Å². The molecule has 2 N–H and O–H groups in total. The SMILES string of the molecule is COc1ccc(CN(C)c2cc(-n3nc(C(=O)O)c4ccccc43)nn3c(C(=O)NC4CC4)cnc23)cc1. The lowest BCUT2D eigenvalue weighted by Gasteiger charge is -2.21. The van der Waals surface area contributed by atoms with Gasteiger partial charge in [-0.15, -0.1) is 5.10 Å². The molecule has 1 fully saturated rings. The van der Waals surface area contributed by atoms with E-state index in [4.69, 9.17) is 9.84 Å². The van der Waals surface area contributed by atoms with E-state index < -0.39 is 5.97 Å². The third-order valence-electron chi connectivity index (χ3n) is 6.58. The van der Waals surface area contributed by atoms with Gasteiger partial charge in [0.05, 0.1) is 24.5 Å². The zero-order chi connectivity index (χ0) is 26.4. The van der Waals surface area contributed by atoms with Crippen LogP contribution in [0.1, 0.15) is 39.4 Å². The number of amides is 1. The quantitative estimate of drug-likeness (QED) is 0.325. The molecule has 38 heavy (non-hydrogen) atoms. The summed E-state index contributed by atoms with van der Waals surface area (Å²) in [5.74, 6) is -0.268. The van der Waals surface area contributed by atoms with Crippen molar-refractivity contribution < 1.29 is 19.4 Å². The molecule has 0 spiro atoms. The number of hydrogen-bond acceptors (Lipinski definition) is 7. The topological polar surface area (TPSA) is 127 Å². The van der Waals surface area contributed by atoms with E-state index in [9.17, 15) is 14.7 Å². The van der Waals surface area contributed by atoms with Gasteiger partial charge in [-0.05, 0) is 36.6 Å². The molecular formula is C27H25N7O4. The molecule has 2 aromatic carbocycles. The Morgan fingerprint density at radius 3 is 2.61 bits per heavy atom. The summed E-state index contributed by atoms with van der Waals surface area (Å²) in [7, 11) is 3.55. The number of para-hydroxylation sites is 1. The summed E-state index contributed by atoms with van der Waals surface area (Å²) in [5, 5.41) is 22.3. The first-order chi connectivity index (χ1) is 18.4. The Hall–Kier alpha value is -4.93. The Balaban J connectivity index is 1.50. The first-order valence-corrected chi connectivity index (χ1v) is 12.2. The van der Waals surface area contributed by atoms with Crippen molar-refractivity contribution in [2.24, 2.45) is 0 Å². The zero-order valence-corrected chi connectivity index (χ0v) is 20.8. The van der Waals surface area contributed by atoms with Gasteiger partial charge in [0.15, 0.2) is 22.9 Å². The number of nitrogens with one attached hydrogen (secondary N) is 1. The second-order valence-electron chi connectivity index (χ2n) is 9.30. The monoisotopic (exact) mass is 511 g/mol. The first-order valence-electron chi connectivity index (χ1n) is 12.2. The fourth-order valence-electron chi connectivity index (χ4n) is 4.45. The molecule has 3 heterocycles. The lowest BCUT2D eigenvalue weighted by Crippen LogP contribution is -2.27. The molecule has 0 radical (unpaired) electrons. The van der Waals surface area contributed by atoms with E-state index in [-0.39, 0.29) is 17.6 Å². The number of nitrogens with zero attached hydrogens (tertiary/aromatic N) is 6. The third kappa shape index (κ3) is 4.17.